The quantitative estimate of drug-likeness (QED) is 0.230. The summed E-state index contributed by atoms with van der Waals surface area (Å²) in [5.41, 5.74) is 6.03. The predicted octanol–water partition coefficient (Wildman–Crippen LogP) is 7.45. The zero-order valence-electron chi connectivity index (χ0n) is 20.1. The fourth-order valence-electron chi connectivity index (χ4n) is 5.15. The number of furan rings is 2. The van der Waals surface area contributed by atoms with Gasteiger partial charge in [0.1, 0.15) is 11.2 Å². The molecule has 6 nitrogen and oxygen atoms in total. The lowest BCUT2D eigenvalue weighted by Gasteiger charge is -2.11. The highest BCUT2D eigenvalue weighted by Gasteiger charge is 2.20. The lowest BCUT2D eigenvalue weighted by atomic mass is 9.97. The van der Waals surface area contributed by atoms with Crippen molar-refractivity contribution in [2.75, 3.05) is 7.11 Å². The van der Waals surface area contributed by atoms with Gasteiger partial charge in [0.25, 0.3) is 5.91 Å². The van der Waals surface area contributed by atoms with E-state index in [-0.39, 0.29) is 28.8 Å². The first kappa shape index (κ1) is 22.6. The third-order valence-electron chi connectivity index (χ3n) is 7.04. The van der Waals surface area contributed by atoms with Gasteiger partial charge < -0.3 is 19.5 Å². The van der Waals surface area contributed by atoms with E-state index in [1.165, 1.54) is 13.2 Å². The van der Waals surface area contributed by atoms with Crippen molar-refractivity contribution in [3.63, 3.8) is 0 Å². The first-order chi connectivity index (χ1) is 18.5. The number of para-hydroxylation sites is 1. The van der Waals surface area contributed by atoms with Gasteiger partial charge in [-0.1, -0.05) is 29.8 Å². The Morgan fingerprint density at radius 2 is 1.82 bits per heavy atom. The number of nitrogens with zero attached hydrogens (tertiary/aromatic N) is 1. The van der Waals surface area contributed by atoms with Crippen LogP contribution in [-0.4, -0.2) is 23.0 Å². The lowest BCUT2D eigenvalue weighted by molar-refractivity contribution is 0.0950. The van der Waals surface area contributed by atoms with E-state index < -0.39 is 5.82 Å². The third kappa shape index (κ3) is 3.32. The Bertz CT molecular complexity index is 2030. The Morgan fingerprint density at radius 1 is 1.03 bits per heavy atom. The fourth-order valence-corrected chi connectivity index (χ4v) is 5.36. The van der Waals surface area contributed by atoms with E-state index in [1.807, 2.05) is 24.3 Å². The Balaban J connectivity index is 1.25. The van der Waals surface area contributed by atoms with E-state index in [0.717, 1.165) is 54.9 Å². The fraction of sp³-hybridized carbons (Fsp3) is 0.0667. The van der Waals surface area contributed by atoms with E-state index in [4.69, 9.17) is 20.8 Å². The molecule has 2 N–H and O–H groups in total. The van der Waals surface area contributed by atoms with Crippen molar-refractivity contribution in [1.29, 1.82) is 0 Å². The number of halogens is 2. The van der Waals surface area contributed by atoms with Crippen molar-refractivity contribution >= 4 is 61.3 Å². The Kier molecular flexibility index (Phi) is 5.03. The Hall–Kier alpha value is -4.62. The van der Waals surface area contributed by atoms with Gasteiger partial charge >= 0.3 is 0 Å². The molecule has 186 valence electrons. The van der Waals surface area contributed by atoms with Gasteiger partial charge in [0.2, 0.25) is 0 Å². The van der Waals surface area contributed by atoms with Crippen LogP contribution in [0.25, 0.3) is 54.9 Å². The van der Waals surface area contributed by atoms with E-state index in [0.29, 0.717) is 5.56 Å². The molecule has 7 rings (SSSR count). The van der Waals surface area contributed by atoms with Crippen LogP contribution in [0.1, 0.15) is 15.9 Å². The number of aromatic amines is 1. The maximum Gasteiger partial charge on any atom is 0.251 e. The molecule has 7 aromatic rings. The number of carbonyl (C=O) groups excluding carboxylic acids is 1. The average molecular weight is 524 g/mol. The first-order valence-electron chi connectivity index (χ1n) is 12.0. The number of carbonyl (C=O) groups is 1. The summed E-state index contributed by atoms with van der Waals surface area (Å²) in [7, 11) is 1.38. The smallest absolute Gasteiger partial charge is 0.251 e. The van der Waals surface area contributed by atoms with Crippen LogP contribution in [0, 0.1) is 5.82 Å². The number of H-pyrrole nitrogens is 1. The van der Waals surface area contributed by atoms with Gasteiger partial charge in [-0.25, -0.2) is 9.37 Å². The molecular formula is C30H19ClFN3O3. The number of nitrogens with one attached hydrogen (secondary N) is 2. The van der Waals surface area contributed by atoms with Crippen LogP contribution in [0.15, 0.2) is 77.5 Å². The first-order valence-corrected chi connectivity index (χ1v) is 12.3. The van der Waals surface area contributed by atoms with Crippen molar-refractivity contribution in [2.45, 2.75) is 6.54 Å². The zero-order valence-corrected chi connectivity index (χ0v) is 20.8. The summed E-state index contributed by atoms with van der Waals surface area (Å²) in [4.78, 5) is 20.6. The van der Waals surface area contributed by atoms with Gasteiger partial charge in [0, 0.05) is 49.8 Å². The summed E-state index contributed by atoms with van der Waals surface area (Å²) >= 11 is 6.16. The van der Waals surface area contributed by atoms with Crippen molar-refractivity contribution in [1.82, 2.24) is 15.3 Å². The van der Waals surface area contributed by atoms with Crippen molar-refractivity contribution in [3.8, 4) is 16.9 Å². The highest BCUT2D eigenvalue weighted by molar-refractivity contribution is 6.31. The molecule has 4 aromatic carbocycles. The second kappa shape index (κ2) is 8.46. The highest BCUT2D eigenvalue weighted by Crippen LogP contribution is 2.42. The maximum atomic E-state index is 14.6. The topological polar surface area (TPSA) is 80.1 Å². The number of fused-ring (bicyclic) bond motifs is 9. The molecule has 0 saturated heterocycles. The number of methoxy groups -OCH3 is 1. The number of aromatic nitrogens is 2. The number of rotatable bonds is 5. The molecule has 0 aliphatic heterocycles. The van der Waals surface area contributed by atoms with E-state index in [2.05, 4.69) is 33.5 Å². The minimum Gasteiger partial charge on any atom is -0.494 e. The molecule has 0 spiro atoms. The lowest BCUT2D eigenvalue weighted by Crippen LogP contribution is -2.23. The molecular weight excluding hydrogens is 505 g/mol. The van der Waals surface area contributed by atoms with Gasteiger partial charge in [0.05, 0.1) is 24.5 Å². The van der Waals surface area contributed by atoms with Crippen LogP contribution in [0.4, 0.5) is 4.39 Å². The van der Waals surface area contributed by atoms with Gasteiger partial charge in [-0.15, -0.1) is 0 Å². The van der Waals surface area contributed by atoms with Crippen molar-refractivity contribution in [2.24, 2.45) is 0 Å². The molecule has 3 aromatic heterocycles. The summed E-state index contributed by atoms with van der Waals surface area (Å²) in [6.45, 7) is -0.0762. The van der Waals surface area contributed by atoms with E-state index >= 15 is 0 Å². The molecule has 0 radical (unpaired) electrons. The monoisotopic (exact) mass is 523 g/mol. The second-order valence-corrected chi connectivity index (χ2v) is 9.52. The number of benzene rings is 5. The standard InChI is InChI=1S/C30H19ClFN3O3/c1-37-25-10-9-23(31)22(26(25)32)13-33-30(36)16-6-8-19-21(12-16)29-20-11-15(5-7-18(20)28(19)38-29)17-3-2-4-24-27(17)35-14-34-24/h2-12,14H,13H2,1H3,(H,33,36)(H,34,35). The molecule has 38 heavy (non-hydrogen) atoms. The number of imidazole rings is 1. The number of ether oxygens (including phenoxy) is 1. The van der Waals surface area contributed by atoms with Gasteiger partial charge in [-0.05, 0) is 54.1 Å². The molecule has 0 saturated carbocycles. The number of hydrogen-bond donors (Lipinski definition) is 2. The van der Waals surface area contributed by atoms with Crippen LogP contribution < -0.4 is 10.1 Å². The molecule has 0 atom stereocenters. The number of hydrogen-bond acceptors (Lipinski definition) is 4. The van der Waals surface area contributed by atoms with E-state index in [9.17, 15) is 9.18 Å². The van der Waals surface area contributed by atoms with Crippen molar-refractivity contribution in [3.05, 3.63) is 95.0 Å². The normalized spacial score (nSPS) is 11.8. The van der Waals surface area contributed by atoms with E-state index in [1.54, 1.807) is 24.5 Å². The summed E-state index contributed by atoms with van der Waals surface area (Å²) < 4.78 is 25.9. The highest BCUT2D eigenvalue weighted by atomic mass is 35.5. The third-order valence-corrected chi connectivity index (χ3v) is 7.40. The second-order valence-electron chi connectivity index (χ2n) is 9.11. The van der Waals surface area contributed by atoms with Gasteiger partial charge in [0.15, 0.2) is 11.6 Å². The minimum atomic E-state index is -0.593. The molecule has 1 amide bonds. The summed E-state index contributed by atoms with van der Waals surface area (Å²) in [5, 5.41) is 6.76. The van der Waals surface area contributed by atoms with Crippen molar-refractivity contribution < 1.29 is 18.3 Å². The van der Waals surface area contributed by atoms with Crippen LogP contribution >= 0.6 is 11.6 Å². The molecule has 0 unspecified atom stereocenters. The molecule has 8 heteroatoms. The summed E-state index contributed by atoms with van der Waals surface area (Å²) in [6.07, 6.45) is 1.69. The molecule has 0 aliphatic rings. The SMILES string of the molecule is COc1ccc(Cl)c(CNC(=O)c2ccc3c(c2)c2oc3c3ccc(-c4cccc5[nH]cnc45)cc32)c1F. The molecule has 3 heterocycles. The van der Waals surface area contributed by atoms with Crippen LogP contribution in [0.3, 0.4) is 0 Å². The molecule has 2 bridgehead atoms. The Morgan fingerprint density at radius 3 is 2.66 bits per heavy atom. The van der Waals surface area contributed by atoms with Crippen LogP contribution in [-0.2, 0) is 6.54 Å². The summed E-state index contributed by atoms with van der Waals surface area (Å²) in [6, 6.07) is 20.7. The van der Waals surface area contributed by atoms with Gasteiger partial charge in [-0.2, -0.15) is 0 Å². The molecule has 0 aliphatic carbocycles. The number of amides is 1. The predicted molar refractivity (Wildman–Crippen MR) is 147 cm³/mol. The van der Waals surface area contributed by atoms with Crippen LogP contribution in [0.2, 0.25) is 5.02 Å². The van der Waals surface area contributed by atoms with Gasteiger partial charge in [-0.3, -0.25) is 4.79 Å². The largest absolute Gasteiger partial charge is 0.494 e. The zero-order chi connectivity index (χ0) is 26.0. The average Bonchev–Trinajstić information content (AvgIpc) is 3.66. The minimum absolute atomic E-state index is 0.0688. The summed E-state index contributed by atoms with van der Waals surface area (Å²) in [5.74, 6) is -0.872. The van der Waals surface area contributed by atoms with Crippen LogP contribution in [0.5, 0.6) is 5.75 Å². The molecule has 0 fully saturated rings. The maximum absolute atomic E-state index is 14.6. The Labute approximate surface area is 220 Å².